The summed E-state index contributed by atoms with van der Waals surface area (Å²) in [5, 5.41) is 14.5. The molecule has 3 N–H and O–H groups in total. The third-order valence-electron chi connectivity index (χ3n) is 3.59. The smallest absolute Gasteiger partial charge is 0.321 e. The second-order valence-electron chi connectivity index (χ2n) is 5.59. The van der Waals surface area contributed by atoms with Crippen molar-refractivity contribution < 1.29 is 33.1 Å². The highest BCUT2D eigenvalue weighted by Crippen LogP contribution is 2.25. The second-order valence-corrected chi connectivity index (χ2v) is 5.59. The quantitative estimate of drug-likeness (QED) is 0.563. The number of carbonyl (C=O) groups excluding carboxylic acids is 3. The summed E-state index contributed by atoms with van der Waals surface area (Å²) in [6.07, 6.45) is 2.73. The number of furan rings is 2. The molecule has 1 aromatic carbocycles. The van der Waals surface area contributed by atoms with Crippen LogP contribution < -0.4 is 10.6 Å². The molecule has 3 amide bonds. The van der Waals surface area contributed by atoms with Gasteiger partial charge in [-0.05, 0) is 24.3 Å². The second kappa shape index (κ2) is 8.09. The van der Waals surface area contributed by atoms with Crippen LogP contribution in [0.5, 0.6) is 5.75 Å². The predicted octanol–water partition coefficient (Wildman–Crippen LogP) is 1.84. The molecule has 0 aliphatic rings. The van der Waals surface area contributed by atoms with E-state index in [1.807, 2.05) is 5.32 Å². The lowest BCUT2D eigenvalue weighted by atomic mass is 10.1. The van der Waals surface area contributed by atoms with Gasteiger partial charge >= 0.3 is 12.0 Å². The molecule has 27 heavy (non-hydrogen) atoms. The molecule has 0 saturated carbocycles. The Kier molecular flexibility index (Phi) is 5.41. The number of rotatable bonds is 6. The van der Waals surface area contributed by atoms with E-state index in [0.29, 0.717) is 22.3 Å². The standard InChI is InChI=1S/C18H16N2O7/c21-12-3-4-14-11(9-26-15(14)7-12)6-17(23)27-10-16(22)20-18(24)19-8-13-2-1-5-25-13/h1-5,7,9,21H,6,8,10H2,(H2,19,20,22,24). The lowest BCUT2D eigenvalue weighted by molar-refractivity contribution is -0.147. The van der Waals surface area contributed by atoms with Gasteiger partial charge in [0.1, 0.15) is 17.1 Å². The van der Waals surface area contributed by atoms with E-state index in [9.17, 15) is 19.5 Å². The van der Waals surface area contributed by atoms with Crippen molar-refractivity contribution in [2.45, 2.75) is 13.0 Å². The van der Waals surface area contributed by atoms with E-state index in [-0.39, 0.29) is 18.7 Å². The number of fused-ring (bicyclic) bond motifs is 1. The van der Waals surface area contributed by atoms with Gasteiger partial charge in [0, 0.05) is 17.0 Å². The maximum absolute atomic E-state index is 11.9. The average Bonchev–Trinajstić information content (AvgIpc) is 3.28. The number of hydrogen-bond acceptors (Lipinski definition) is 7. The highest BCUT2D eigenvalue weighted by molar-refractivity contribution is 5.95. The van der Waals surface area contributed by atoms with E-state index >= 15 is 0 Å². The first-order chi connectivity index (χ1) is 13.0. The highest BCUT2D eigenvalue weighted by atomic mass is 16.5. The monoisotopic (exact) mass is 372 g/mol. The lowest BCUT2D eigenvalue weighted by Gasteiger charge is -2.06. The number of hydrogen-bond donors (Lipinski definition) is 3. The summed E-state index contributed by atoms with van der Waals surface area (Å²) in [6, 6.07) is 7.14. The van der Waals surface area contributed by atoms with Crippen molar-refractivity contribution in [1.29, 1.82) is 0 Å². The van der Waals surface area contributed by atoms with Crippen LogP contribution in [0.2, 0.25) is 0 Å². The molecule has 2 heterocycles. The molecule has 0 spiro atoms. The van der Waals surface area contributed by atoms with E-state index in [2.05, 4.69) is 5.32 Å². The Labute approximate surface area is 152 Å². The molecule has 9 heteroatoms. The maximum Gasteiger partial charge on any atom is 0.321 e. The molecule has 0 bridgehead atoms. The van der Waals surface area contributed by atoms with Crippen molar-refractivity contribution in [1.82, 2.24) is 10.6 Å². The first kappa shape index (κ1) is 18.1. The van der Waals surface area contributed by atoms with Crippen LogP contribution in [0.3, 0.4) is 0 Å². The molecule has 140 valence electrons. The predicted molar refractivity (Wildman–Crippen MR) is 91.6 cm³/mol. The van der Waals surface area contributed by atoms with Gasteiger partial charge in [-0.2, -0.15) is 0 Å². The first-order valence-corrected chi connectivity index (χ1v) is 7.96. The number of aromatic hydroxyl groups is 1. The number of ether oxygens (including phenoxy) is 1. The summed E-state index contributed by atoms with van der Waals surface area (Å²) in [5.41, 5.74) is 0.996. The van der Waals surface area contributed by atoms with Gasteiger partial charge in [-0.15, -0.1) is 0 Å². The fourth-order valence-electron chi connectivity index (χ4n) is 2.35. The zero-order chi connectivity index (χ0) is 19.2. The maximum atomic E-state index is 11.9. The van der Waals surface area contributed by atoms with Gasteiger partial charge in [0.15, 0.2) is 6.61 Å². The van der Waals surface area contributed by atoms with Crippen LogP contribution in [-0.2, 0) is 27.3 Å². The number of amides is 3. The largest absolute Gasteiger partial charge is 0.508 e. The molecule has 0 aliphatic heterocycles. The van der Waals surface area contributed by atoms with Gasteiger partial charge in [-0.1, -0.05) is 0 Å². The number of phenolic OH excluding ortho intramolecular Hbond substituents is 1. The molecule has 0 saturated heterocycles. The minimum Gasteiger partial charge on any atom is -0.508 e. The lowest BCUT2D eigenvalue weighted by Crippen LogP contribution is -2.41. The van der Waals surface area contributed by atoms with Crippen LogP contribution in [-0.4, -0.2) is 29.6 Å². The molecule has 9 nitrogen and oxygen atoms in total. The Hall–Kier alpha value is -3.75. The van der Waals surface area contributed by atoms with Gasteiger partial charge in [-0.3, -0.25) is 14.9 Å². The fraction of sp³-hybridized carbons (Fsp3) is 0.167. The SMILES string of the molecule is O=C(COC(=O)Cc1coc2cc(O)ccc12)NC(=O)NCc1ccco1. The molecular formula is C18H16N2O7. The molecule has 2 aromatic heterocycles. The Morgan fingerprint density at radius 1 is 1.15 bits per heavy atom. The van der Waals surface area contributed by atoms with Crippen LogP contribution in [0.1, 0.15) is 11.3 Å². The Bertz CT molecular complexity index is 959. The first-order valence-electron chi connectivity index (χ1n) is 7.96. The van der Waals surface area contributed by atoms with Gasteiger partial charge in [0.05, 0.1) is 25.5 Å². The summed E-state index contributed by atoms with van der Waals surface area (Å²) in [4.78, 5) is 35.1. The zero-order valence-electron chi connectivity index (χ0n) is 14.1. The van der Waals surface area contributed by atoms with Crippen LogP contribution in [0.25, 0.3) is 11.0 Å². The van der Waals surface area contributed by atoms with Crippen LogP contribution >= 0.6 is 0 Å². The number of carbonyl (C=O) groups is 3. The number of esters is 1. The normalized spacial score (nSPS) is 10.5. The summed E-state index contributed by atoms with van der Waals surface area (Å²) in [7, 11) is 0. The summed E-state index contributed by atoms with van der Waals surface area (Å²) >= 11 is 0. The molecule has 0 unspecified atom stereocenters. The van der Waals surface area contributed by atoms with E-state index in [1.54, 1.807) is 18.2 Å². The summed E-state index contributed by atoms with van der Waals surface area (Å²) in [6.45, 7) is -0.474. The van der Waals surface area contributed by atoms with Crippen molar-refractivity contribution >= 4 is 28.9 Å². The van der Waals surface area contributed by atoms with E-state index < -0.39 is 24.5 Å². The van der Waals surface area contributed by atoms with Crippen LogP contribution in [0, 0.1) is 0 Å². The van der Waals surface area contributed by atoms with Crippen molar-refractivity contribution in [2.24, 2.45) is 0 Å². The van der Waals surface area contributed by atoms with Gasteiger partial charge in [-0.25, -0.2) is 4.79 Å². The minimum absolute atomic E-state index is 0.0490. The Morgan fingerprint density at radius 2 is 2.00 bits per heavy atom. The molecule has 0 atom stereocenters. The number of urea groups is 1. The topological polar surface area (TPSA) is 131 Å². The zero-order valence-corrected chi connectivity index (χ0v) is 14.1. The number of benzene rings is 1. The summed E-state index contributed by atoms with van der Waals surface area (Å²) in [5.74, 6) is -0.836. The third-order valence-corrected chi connectivity index (χ3v) is 3.59. The average molecular weight is 372 g/mol. The molecule has 0 fully saturated rings. The Morgan fingerprint density at radius 3 is 2.78 bits per heavy atom. The highest BCUT2D eigenvalue weighted by Gasteiger charge is 2.14. The van der Waals surface area contributed by atoms with Crippen molar-refractivity contribution in [3.05, 3.63) is 54.2 Å². The molecule has 0 radical (unpaired) electrons. The molecule has 0 aliphatic carbocycles. The van der Waals surface area contributed by atoms with Crippen molar-refractivity contribution in [3.8, 4) is 5.75 Å². The Balaban J connectivity index is 1.42. The van der Waals surface area contributed by atoms with E-state index in [0.717, 1.165) is 0 Å². The molecule has 3 aromatic rings. The third kappa shape index (κ3) is 4.88. The van der Waals surface area contributed by atoms with Gasteiger partial charge < -0.3 is 24.0 Å². The van der Waals surface area contributed by atoms with Gasteiger partial charge in [0.2, 0.25) is 0 Å². The van der Waals surface area contributed by atoms with E-state index in [4.69, 9.17) is 13.6 Å². The van der Waals surface area contributed by atoms with Gasteiger partial charge in [0.25, 0.3) is 5.91 Å². The number of nitrogens with one attached hydrogen (secondary N) is 2. The van der Waals surface area contributed by atoms with Crippen molar-refractivity contribution in [3.63, 3.8) is 0 Å². The van der Waals surface area contributed by atoms with Crippen LogP contribution in [0.4, 0.5) is 4.79 Å². The minimum atomic E-state index is -0.762. The molecule has 3 rings (SSSR count). The van der Waals surface area contributed by atoms with Crippen LogP contribution in [0.15, 0.2) is 51.7 Å². The van der Waals surface area contributed by atoms with E-state index in [1.165, 1.54) is 24.7 Å². The fourth-order valence-corrected chi connectivity index (χ4v) is 2.35. The summed E-state index contributed by atoms with van der Waals surface area (Å²) < 4.78 is 15.2. The van der Waals surface area contributed by atoms with Crippen molar-refractivity contribution in [2.75, 3.05) is 6.61 Å². The number of imide groups is 1. The molecular weight excluding hydrogens is 356 g/mol. The number of phenols is 1.